The lowest BCUT2D eigenvalue weighted by molar-refractivity contribution is -0.114. The Bertz CT molecular complexity index is 1290. The summed E-state index contributed by atoms with van der Waals surface area (Å²) >= 11 is 1.63. The van der Waals surface area contributed by atoms with Gasteiger partial charge < -0.3 is 10.6 Å². The first-order valence-corrected chi connectivity index (χ1v) is 10.8. The number of aryl methyl sites for hydroxylation is 1. The fourth-order valence-corrected chi connectivity index (χ4v) is 4.19. The monoisotopic (exact) mass is 433 g/mol. The van der Waals surface area contributed by atoms with E-state index < -0.39 is 0 Å². The molecule has 4 aromatic rings. The number of carbonyl (C=O) groups excluding carboxylic acids is 2. The highest BCUT2D eigenvalue weighted by Crippen LogP contribution is 2.31. The summed E-state index contributed by atoms with van der Waals surface area (Å²) in [7, 11) is 0. The SMILES string of the molecule is CC(=O)Nc1cccc(NC(=O)c2cc(-c3ccc(C)s3)nc3c2cnn3C(C)C)c1. The average Bonchev–Trinajstić information content (AvgIpc) is 3.33. The van der Waals surface area contributed by atoms with Gasteiger partial charge in [0.15, 0.2) is 5.65 Å². The highest BCUT2D eigenvalue weighted by atomic mass is 32.1. The van der Waals surface area contributed by atoms with Gasteiger partial charge in [-0.05, 0) is 57.2 Å². The lowest BCUT2D eigenvalue weighted by atomic mass is 10.1. The lowest BCUT2D eigenvalue weighted by Crippen LogP contribution is -2.14. The summed E-state index contributed by atoms with van der Waals surface area (Å²) in [4.78, 5) is 31.6. The molecule has 0 aliphatic carbocycles. The van der Waals surface area contributed by atoms with Crippen molar-refractivity contribution in [3.05, 3.63) is 59.1 Å². The van der Waals surface area contributed by atoms with Crippen LogP contribution in [0.4, 0.5) is 11.4 Å². The third kappa shape index (κ3) is 4.34. The average molecular weight is 434 g/mol. The van der Waals surface area contributed by atoms with Crippen molar-refractivity contribution in [1.82, 2.24) is 14.8 Å². The quantitative estimate of drug-likeness (QED) is 0.449. The van der Waals surface area contributed by atoms with Crippen LogP contribution in [0.2, 0.25) is 0 Å². The van der Waals surface area contributed by atoms with Crippen LogP contribution in [-0.2, 0) is 4.79 Å². The molecule has 1 aromatic carbocycles. The van der Waals surface area contributed by atoms with Gasteiger partial charge in [-0.2, -0.15) is 5.10 Å². The summed E-state index contributed by atoms with van der Waals surface area (Å²) in [6.07, 6.45) is 1.69. The molecule has 0 unspecified atom stereocenters. The first-order chi connectivity index (χ1) is 14.8. The van der Waals surface area contributed by atoms with Gasteiger partial charge in [-0.1, -0.05) is 6.07 Å². The number of pyridine rings is 1. The number of nitrogens with zero attached hydrogens (tertiary/aromatic N) is 3. The molecule has 2 amide bonds. The first kappa shape index (κ1) is 20.7. The number of nitrogens with one attached hydrogen (secondary N) is 2. The number of carbonyl (C=O) groups is 2. The standard InChI is InChI=1S/C23H23N5O2S/c1-13(2)28-22-19(12-24-28)18(11-20(27-22)21-9-8-14(3)31-21)23(30)26-17-7-5-6-16(10-17)25-15(4)29/h5-13H,1-4H3,(H,25,29)(H,26,30). The van der Waals surface area contributed by atoms with Crippen LogP contribution in [0.5, 0.6) is 0 Å². The first-order valence-electron chi connectivity index (χ1n) is 9.96. The van der Waals surface area contributed by atoms with Crippen LogP contribution in [0.3, 0.4) is 0 Å². The van der Waals surface area contributed by atoms with Gasteiger partial charge in [-0.3, -0.25) is 9.59 Å². The van der Waals surface area contributed by atoms with E-state index in [1.807, 2.05) is 43.7 Å². The highest BCUT2D eigenvalue weighted by molar-refractivity contribution is 7.15. The molecule has 0 radical (unpaired) electrons. The Hall–Kier alpha value is -3.52. The van der Waals surface area contributed by atoms with Crippen LogP contribution < -0.4 is 10.6 Å². The van der Waals surface area contributed by atoms with Crippen molar-refractivity contribution < 1.29 is 9.59 Å². The zero-order valence-corrected chi connectivity index (χ0v) is 18.6. The van der Waals surface area contributed by atoms with Gasteiger partial charge in [-0.25, -0.2) is 9.67 Å². The van der Waals surface area contributed by atoms with E-state index in [4.69, 9.17) is 4.98 Å². The minimum atomic E-state index is -0.259. The number of anilines is 2. The van der Waals surface area contributed by atoms with Crippen LogP contribution in [0.1, 0.15) is 42.0 Å². The van der Waals surface area contributed by atoms with Crippen molar-refractivity contribution in [3.8, 4) is 10.6 Å². The molecule has 0 saturated heterocycles. The number of hydrogen-bond acceptors (Lipinski definition) is 5. The summed E-state index contributed by atoms with van der Waals surface area (Å²) in [5.74, 6) is -0.429. The van der Waals surface area contributed by atoms with Crippen molar-refractivity contribution in [1.29, 1.82) is 0 Å². The number of hydrogen-bond donors (Lipinski definition) is 2. The predicted octanol–water partition coefficient (Wildman–Crippen LogP) is 5.26. The van der Waals surface area contributed by atoms with E-state index in [0.717, 1.165) is 10.6 Å². The van der Waals surface area contributed by atoms with Crippen LogP contribution in [0, 0.1) is 6.92 Å². The number of thiophene rings is 1. The van der Waals surface area contributed by atoms with Gasteiger partial charge in [0.2, 0.25) is 5.91 Å². The summed E-state index contributed by atoms with van der Waals surface area (Å²) < 4.78 is 1.83. The Morgan fingerprint density at radius 1 is 1.06 bits per heavy atom. The summed E-state index contributed by atoms with van der Waals surface area (Å²) in [6.45, 7) is 7.55. The van der Waals surface area contributed by atoms with Gasteiger partial charge in [-0.15, -0.1) is 11.3 Å². The molecular formula is C23H23N5O2S. The number of rotatable bonds is 5. The maximum absolute atomic E-state index is 13.3. The predicted molar refractivity (Wildman–Crippen MR) is 125 cm³/mol. The number of benzene rings is 1. The van der Waals surface area contributed by atoms with Crippen molar-refractivity contribution in [2.24, 2.45) is 0 Å². The van der Waals surface area contributed by atoms with Crippen LogP contribution >= 0.6 is 11.3 Å². The maximum Gasteiger partial charge on any atom is 0.256 e. The highest BCUT2D eigenvalue weighted by Gasteiger charge is 2.19. The molecular weight excluding hydrogens is 410 g/mol. The molecule has 0 aliphatic heterocycles. The number of aromatic nitrogens is 3. The van der Waals surface area contributed by atoms with Crippen LogP contribution in [0.25, 0.3) is 21.6 Å². The third-order valence-electron chi connectivity index (χ3n) is 4.73. The zero-order valence-electron chi connectivity index (χ0n) is 17.8. The van der Waals surface area contributed by atoms with Gasteiger partial charge in [0, 0.05) is 29.2 Å². The summed E-state index contributed by atoms with van der Waals surface area (Å²) in [5, 5.41) is 10.8. The molecule has 0 atom stereocenters. The molecule has 3 heterocycles. The fraction of sp³-hybridized carbons (Fsp3) is 0.217. The van der Waals surface area contributed by atoms with E-state index in [2.05, 4.69) is 15.7 Å². The van der Waals surface area contributed by atoms with E-state index >= 15 is 0 Å². The van der Waals surface area contributed by atoms with Crippen LogP contribution in [0.15, 0.2) is 48.7 Å². The van der Waals surface area contributed by atoms with Crippen molar-refractivity contribution in [2.45, 2.75) is 33.7 Å². The molecule has 0 aliphatic rings. The molecule has 0 spiro atoms. The Kier molecular flexibility index (Phi) is 5.56. The van der Waals surface area contributed by atoms with Crippen LogP contribution in [-0.4, -0.2) is 26.6 Å². The second-order valence-corrected chi connectivity index (χ2v) is 8.89. The topological polar surface area (TPSA) is 88.9 Å². The van der Waals surface area contributed by atoms with Gasteiger partial charge in [0.05, 0.1) is 27.7 Å². The van der Waals surface area contributed by atoms with Crippen molar-refractivity contribution in [2.75, 3.05) is 10.6 Å². The molecule has 0 saturated carbocycles. The molecule has 31 heavy (non-hydrogen) atoms. The lowest BCUT2D eigenvalue weighted by Gasteiger charge is -2.11. The maximum atomic E-state index is 13.3. The second kappa shape index (κ2) is 8.31. The summed E-state index contributed by atoms with van der Waals surface area (Å²) in [6, 6.07) is 13.0. The van der Waals surface area contributed by atoms with E-state index in [0.29, 0.717) is 28.0 Å². The van der Waals surface area contributed by atoms with E-state index in [-0.39, 0.29) is 17.9 Å². The van der Waals surface area contributed by atoms with Gasteiger partial charge in [0.1, 0.15) is 0 Å². The Labute approximate surface area is 184 Å². The Morgan fingerprint density at radius 3 is 2.45 bits per heavy atom. The third-order valence-corrected chi connectivity index (χ3v) is 5.76. The largest absolute Gasteiger partial charge is 0.326 e. The molecule has 0 bridgehead atoms. The minimum Gasteiger partial charge on any atom is -0.326 e. The summed E-state index contributed by atoms with van der Waals surface area (Å²) in [5.41, 5.74) is 3.13. The van der Waals surface area contributed by atoms with Gasteiger partial charge >= 0.3 is 0 Å². The minimum absolute atomic E-state index is 0.107. The van der Waals surface area contributed by atoms with Crippen molar-refractivity contribution >= 4 is 45.6 Å². The van der Waals surface area contributed by atoms with E-state index in [9.17, 15) is 9.59 Å². The van der Waals surface area contributed by atoms with Gasteiger partial charge in [0.25, 0.3) is 5.91 Å². The smallest absolute Gasteiger partial charge is 0.256 e. The zero-order chi connectivity index (χ0) is 22.1. The molecule has 8 heteroatoms. The van der Waals surface area contributed by atoms with E-state index in [1.54, 1.807) is 41.8 Å². The number of amides is 2. The second-order valence-electron chi connectivity index (χ2n) is 7.60. The molecule has 3 aromatic heterocycles. The molecule has 2 N–H and O–H groups in total. The molecule has 7 nitrogen and oxygen atoms in total. The van der Waals surface area contributed by atoms with E-state index in [1.165, 1.54) is 11.8 Å². The fourth-order valence-electron chi connectivity index (χ4n) is 3.36. The number of fused-ring (bicyclic) bond motifs is 1. The van der Waals surface area contributed by atoms with Crippen molar-refractivity contribution in [3.63, 3.8) is 0 Å². The molecule has 0 fully saturated rings. The Morgan fingerprint density at radius 2 is 1.81 bits per heavy atom. The molecule has 4 rings (SSSR count). The normalized spacial score (nSPS) is 11.1. The molecule has 158 valence electrons. The Balaban J connectivity index is 1.77.